The Kier molecular flexibility index (Phi) is 6.62. The van der Waals surface area contributed by atoms with Crippen molar-refractivity contribution >= 4 is 23.6 Å². The molecule has 0 bridgehead atoms. The Morgan fingerprint density at radius 3 is 2.55 bits per heavy atom. The zero-order valence-electron chi connectivity index (χ0n) is 17.3. The summed E-state index contributed by atoms with van der Waals surface area (Å²) in [5, 5.41) is 0. The number of hydrogen-bond acceptors (Lipinski definition) is 6. The summed E-state index contributed by atoms with van der Waals surface area (Å²) in [6.07, 6.45) is 3.13. The van der Waals surface area contributed by atoms with Crippen LogP contribution in [0, 0.1) is 0 Å². The van der Waals surface area contributed by atoms with Gasteiger partial charge in [-0.3, -0.25) is 0 Å². The zero-order valence-corrected chi connectivity index (χ0v) is 18.1. The number of methoxy groups -OCH3 is 1. The molecule has 0 aliphatic carbocycles. The molecule has 1 unspecified atom stereocenters. The number of likely N-dealkylation sites (tertiary alicyclic amines) is 1. The van der Waals surface area contributed by atoms with Crippen molar-refractivity contribution in [2.75, 3.05) is 13.7 Å². The number of ether oxygens (including phenoxy) is 2. The molecule has 1 fully saturated rings. The van der Waals surface area contributed by atoms with Crippen LogP contribution in [0.1, 0.15) is 51.2 Å². The number of aromatic nitrogens is 1. The molecule has 2 aromatic carbocycles. The average molecular weight is 437 g/mol. The molecule has 0 spiro atoms. The number of rotatable bonds is 5. The number of carbonyl (C=O) groups excluding carboxylic acids is 2. The Morgan fingerprint density at radius 2 is 1.87 bits per heavy atom. The van der Waals surface area contributed by atoms with Crippen LogP contribution >= 0.6 is 11.5 Å². The molecule has 1 aliphatic heterocycles. The minimum atomic E-state index is -0.378. The van der Waals surface area contributed by atoms with Crippen molar-refractivity contribution in [2.24, 2.45) is 0 Å². The highest BCUT2D eigenvalue weighted by atomic mass is 32.1. The van der Waals surface area contributed by atoms with Gasteiger partial charge >= 0.3 is 12.1 Å². The number of carbonyl (C=O) groups is 2. The van der Waals surface area contributed by atoms with Gasteiger partial charge in [-0.1, -0.05) is 42.5 Å². The van der Waals surface area contributed by atoms with Crippen molar-refractivity contribution in [3.05, 3.63) is 88.4 Å². The molecule has 6 nitrogen and oxygen atoms in total. The molecule has 2 heterocycles. The van der Waals surface area contributed by atoms with Crippen molar-refractivity contribution in [3.8, 4) is 0 Å². The SMILES string of the molecule is COC(=O)c1ccc([C@@H]2CC(c3ccns3)CCN2C(=O)OCc2ccccc2)cc1. The Morgan fingerprint density at radius 1 is 1.10 bits per heavy atom. The van der Waals surface area contributed by atoms with Gasteiger partial charge in [0.2, 0.25) is 0 Å². The summed E-state index contributed by atoms with van der Waals surface area (Å²) in [5.41, 5.74) is 2.41. The van der Waals surface area contributed by atoms with Gasteiger partial charge in [-0.15, -0.1) is 0 Å². The van der Waals surface area contributed by atoms with Crippen LogP contribution in [0.25, 0.3) is 0 Å². The first-order chi connectivity index (χ1) is 15.2. The van der Waals surface area contributed by atoms with Gasteiger partial charge in [-0.05, 0) is 59.6 Å². The fraction of sp³-hybridized carbons (Fsp3) is 0.292. The van der Waals surface area contributed by atoms with E-state index < -0.39 is 0 Å². The topological polar surface area (TPSA) is 68.7 Å². The highest BCUT2D eigenvalue weighted by molar-refractivity contribution is 7.05. The Balaban J connectivity index is 1.54. The summed E-state index contributed by atoms with van der Waals surface area (Å²) in [5.74, 6) is -0.0483. The Hall–Kier alpha value is -3.19. The van der Waals surface area contributed by atoms with E-state index in [-0.39, 0.29) is 24.7 Å². The molecule has 0 radical (unpaired) electrons. The second kappa shape index (κ2) is 9.75. The van der Waals surface area contributed by atoms with E-state index in [9.17, 15) is 9.59 Å². The number of amides is 1. The van der Waals surface area contributed by atoms with Crippen LogP contribution in [0.4, 0.5) is 4.79 Å². The third-order valence-electron chi connectivity index (χ3n) is 5.62. The van der Waals surface area contributed by atoms with Crippen LogP contribution in [0.3, 0.4) is 0 Å². The lowest BCUT2D eigenvalue weighted by atomic mass is 9.86. The third-order valence-corrected chi connectivity index (χ3v) is 6.53. The highest BCUT2D eigenvalue weighted by Crippen LogP contribution is 2.40. The lowest BCUT2D eigenvalue weighted by Crippen LogP contribution is -2.40. The minimum absolute atomic E-state index is 0.143. The van der Waals surface area contributed by atoms with Crippen LogP contribution in [0.5, 0.6) is 0 Å². The van der Waals surface area contributed by atoms with Gasteiger partial charge < -0.3 is 14.4 Å². The molecule has 1 aromatic heterocycles. The van der Waals surface area contributed by atoms with Crippen molar-refractivity contribution < 1.29 is 19.1 Å². The Bertz CT molecular complexity index is 1010. The lowest BCUT2D eigenvalue weighted by molar-refractivity contribution is 0.0596. The molecule has 1 aliphatic rings. The van der Waals surface area contributed by atoms with E-state index in [1.54, 1.807) is 17.0 Å². The second-order valence-electron chi connectivity index (χ2n) is 7.50. The molecule has 2 atom stereocenters. The normalized spacial score (nSPS) is 18.4. The van der Waals surface area contributed by atoms with Gasteiger partial charge in [0.05, 0.1) is 18.7 Å². The number of benzene rings is 2. The standard InChI is InChI=1S/C24H24N2O4S/c1-29-23(27)19-9-7-18(8-10-19)21-15-20(22-11-13-25-31-22)12-14-26(21)24(28)30-16-17-5-3-2-4-6-17/h2-11,13,20-21H,12,14-16H2,1H3/t20?,21-/m0/s1. The van der Waals surface area contributed by atoms with Crippen LogP contribution < -0.4 is 0 Å². The summed E-state index contributed by atoms with van der Waals surface area (Å²) in [6, 6.07) is 18.8. The number of hydrogen-bond donors (Lipinski definition) is 0. The molecule has 1 saturated heterocycles. The number of esters is 1. The molecule has 160 valence electrons. The summed E-state index contributed by atoms with van der Waals surface area (Å²) in [7, 11) is 1.36. The molecular weight excluding hydrogens is 412 g/mol. The van der Waals surface area contributed by atoms with Gasteiger partial charge in [-0.2, -0.15) is 0 Å². The monoisotopic (exact) mass is 436 g/mol. The largest absolute Gasteiger partial charge is 0.465 e. The summed E-state index contributed by atoms with van der Waals surface area (Å²) in [6.45, 7) is 0.835. The predicted octanol–water partition coefficient (Wildman–Crippen LogP) is 5.19. The van der Waals surface area contributed by atoms with Crippen LogP contribution in [0.2, 0.25) is 0 Å². The summed E-state index contributed by atoms with van der Waals surface area (Å²) < 4.78 is 14.7. The lowest BCUT2D eigenvalue weighted by Gasteiger charge is -2.38. The molecule has 4 rings (SSSR count). The molecule has 0 saturated carbocycles. The first-order valence-corrected chi connectivity index (χ1v) is 11.0. The van der Waals surface area contributed by atoms with Gasteiger partial charge in [0, 0.05) is 17.6 Å². The fourth-order valence-corrected chi connectivity index (χ4v) is 4.68. The average Bonchev–Trinajstić information content (AvgIpc) is 3.37. The van der Waals surface area contributed by atoms with Crippen molar-refractivity contribution in [1.29, 1.82) is 0 Å². The minimum Gasteiger partial charge on any atom is -0.465 e. The van der Waals surface area contributed by atoms with E-state index in [4.69, 9.17) is 9.47 Å². The smallest absolute Gasteiger partial charge is 0.410 e. The van der Waals surface area contributed by atoms with E-state index in [0.717, 1.165) is 24.0 Å². The third kappa shape index (κ3) is 4.94. The fourth-order valence-electron chi connectivity index (χ4n) is 3.96. The molecule has 3 aromatic rings. The quantitative estimate of drug-likeness (QED) is 0.515. The van der Waals surface area contributed by atoms with Crippen LogP contribution in [-0.2, 0) is 16.1 Å². The first kappa shape index (κ1) is 21.1. The van der Waals surface area contributed by atoms with Crippen molar-refractivity contribution in [1.82, 2.24) is 9.27 Å². The predicted molar refractivity (Wildman–Crippen MR) is 118 cm³/mol. The van der Waals surface area contributed by atoms with Gasteiger partial charge in [0.1, 0.15) is 6.61 Å². The van der Waals surface area contributed by atoms with Gasteiger partial charge in [-0.25, -0.2) is 14.0 Å². The summed E-state index contributed by atoms with van der Waals surface area (Å²) >= 11 is 1.51. The Labute approximate surface area is 185 Å². The highest BCUT2D eigenvalue weighted by Gasteiger charge is 2.35. The maximum Gasteiger partial charge on any atom is 0.410 e. The van der Waals surface area contributed by atoms with Crippen molar-refractivity contribution in [2.45, 2.75) is 31.4 Å². The zero-order chi connectivity index (χ0) is 21.6. The van der Waals surface area contributed by atoms with Gasteiger partial charge in [0.25, 0.3) is 0 Å². The van der Waals surface area contributed by atoms with E-state index in [1.807, 2.05) is 48.7 Å². The molecule has 7 heteroatoms. The van der Waals surface area contributed by atoms with E-state index in [2.05, 4.69) is 10.4 Å². The van der Waals surface area contributed by atoms with Gasteiger partial charge in [0.15, 0.2) is 0 Å². The molecular formula is C24H24N2O4S. The van der Waals surface area contributed by atoms with Crippen LogP contribution in [-0.4, -0.2) is 35.0 Å². The number of piperidine rings is 1. The van der Waals surface area contributed by atoms with Crippen LogP contribution in [0.15, 0.2) is 66.9 Å². The first-order valence-electron chi connectivity index (χ1n) is 10.2. The van der Waals surface area contributed by atoms with E-state index in [1.165, 1.54) is 23.5 Å². The molecule has 1 amide bonds. The number of nitrogens with zero attached hydrogens (tertiary/aromatic N) is 2. The maximum absolute atomic E-state index is 13.0. The molecule has 31 heavy (non-hydrogen) atoms. The maximum atomic E-state index is 13.0. The molecule has 0 N–H and O–H groups in total. The van der Waals surface area contributed by atoms with E-state index >= 15 is 0 Å². The van der Waals surface area contributed by atoms with E-state index in [0.29, 0.717) is 18.0 Å². The summed E-state index contributed by atoms with van der Waals surface area (Å²) in [4.78, 5) is 27.8. The van der Waals surface area contributed by atoms with Crippen molar-refractivity contribution in [3.63, 3.8) is 0 Å². The second-order valence-corrected chi connectivity index (χ2v) is 8.36.